The van der Waals surface area contributed by atoms with Gasteiger partial charge in [0.15, 0.2) is 5.69 Å². The lowest BCUT2D eigenvalue weighted by molar-refractivity contribution is -0.141. The highest BCUT2D eigenvalue weighted by atomic mass is 35.5. The fourth-order valence-electron chi connectivity index (χ4n) is 1.71. The minimum Gasteiger partial charge on any atom is -0.236 e. The normalized spacial score (nSPS) is 13.3. The number of halogens is 9. The van der Waals surface area contributed by atoms with Crippen LogP contribution in [0.15, 0.2) is 23.2 Å². The molecule has 0 aliphatic heterocycles. The summed E-state index contributed by atoms with van der Waals surface area (Å²) in [5.74, 6) is 0. The van der Waals surface area contributed by atoms with Crippen molar-refractivity contribution in [2.45, 2.75) is 16.6 Å². The summed E-state index contributed by atoms with van der Waals surface area (Å²) in [4.78, 5) is -1.27. The molecule has 2 aromatic rings. The van der Waals surface area contributed by atoms with E-state index in [1.165, 1.54) is 0 Å². The predicted octanol–water partition coefficient (Wildman–Crippen LogP) is 5.14. The Morgan fingerprint density at radius 3 is 1.76 bits per heavy atom. The number of aromatic nitrogens is 2. The molecule has 0 bridgehead atoms. The number of alkyl halides is 6. The van der Waals surface area contributed by atoms with Crippen LogP contribution in [0, 0.1) is 0 Å². The molecule has 1 aromatic carbocycles. The number of nitrogens with zero attached hydrogens (tertiary/aromatic N) is 2. The highest BCUT2D eigenvalue weighted by Gasteiger charge is 2.47. The fourth-order valence-corrected chi connectivity index (χ4v) is 3.55. The van der Waals surface area contributed by atoms with Gasteiger partial charge >= 0.3 is 11.7 Å². The van der Waals surface area contributed by atoms with Crippen LogP contribution >= 0.6 is 34.8 Å². The molecule has 0 fully saturated rings. The van der Waals surface area contributed by atoms with Crippen molar-refractivity contribution >= 4 is 44.6 Å². The number of rotatable bonds is 2. The van der Waals surface area contributed by atoms with Crippen molar-refractivity contribution in [3.63, 3.8) is 0 Å². The Hall–Kier alpha value is -1.17. The highest BCUT2D eigenvalue weighted by Crippen LogP contribution is 2.39. The smallest absolute Gasteiger partial charge is 0.236 e. The van der Waals surface area contributed by atoms with Gasteiger partial charge in [0.1, 0.15) is 5.69 Å². The summed E-state index contributed by atoms with van der Waals surface area (Å²) in [5.41, 5.74) is -7.56. The molecular formula is C11H3Cl3F6N2O2S. The van der Waals surface area contributed by atoms with E-state index in [0.717, 1.165) is 0 Å². The van der Waals surface area contributed by atoms with E-state index in [9.17, 15) is 34.8 Å². The monoisotopic (exact) mass is 446 g/mol. The van der Waals surface area contributed by atoms with Gasteiger partial charge in [-0.2, -0.15) is 31.4 Å². The molecule has 0 radical (unpaired) electrons. The largest absolute Gasteiger partial charge is 0.501 e. The fraction of sp³-hybridized carbons (Fsp3) is 0.182. The van der Waals surface area contributed by atoms with Crippen LogP contribution in [0.3, 0.4) is 0 Å². The van der Waals surface area contributed by atoms with Crippen LogP contribution in [0.5, 0.6) is 0 Å². The summed E-state index contributed by atoms with van der Waals surface area (Å²) in [5, 5.41) is 0.964. The molecule has 0 spiro atoms. The summed E-state index contributed by atoms with van der Waals surface area (Å²) >= 11 is 16.8. The summed E-state index contributed by atoms with van der Waals surface area (Å²) in [6, 6.07) is 0.795. The molecule has 0 N–H and O–H groups in total. The summed E-state index contributed by atoms with van der Waals surface area (Å²) in [6.07, 6.45) is -4.23. The zero-order valence-corrected chi connectivity index (χ0v) is 14.3. The van der Waals surface area contributed by atoms with Crippen molar-refractivity contribution in [1.82, 2.24) is 9.78 Å². The van der Waals surface area contributed by atoms with E-state index < -0.39 is 52.9 Å². The Kier molecular flexibility index (Phi) is 5.01. The van der Waals surface area contributed by atoms with E-state index in [-0.39, 0.29) is 0 Å². The SMILES string of the molecule is O=S(=O)(c1cc(Cl)c(-n2cc(Cl)c(C(F)(F)F)n2)c(Cl)c1)C(F)(F)F. The Morgan fingerprint density at radius 2 is 1.40 bits per heavy atom. The summed E-state index contributed by atoms with van der Waals surface area (Å²) in [7, 11) is -5.75. The van der Waals surface area contributed by atoms with Crippen molar-refractivity contribution in [2.24, 2.45) is 0 Å². The predicted molar refractivity (Wildman–Crippen MR) is 76.8 cm³/mol. The van der Waals surface area contributed by atoms with E-state index in [2.05, 4.69) is 5.10 Å². The van der Waals surface area contributed by atoms with E-state index >= 15 is 0 Å². The molecule has 0 amide bonds. The summed E-state index contributed by atoms with van der Waals surface area (Å²) in [6.45, 7) is 0. The lowest BCUT2D eigenvalue weighted by Gasteiger charge is -2.12. The zero-order chi connectivity index (χ0) is 19.4. The van der Waals surface area contributed by atoms with Gasteiger partial charge in [-0.1, -0.05) is 34.8 Å². The van der Waals surface area contributed by atoms with Gasteiger partial charge in [0.05, 0.1) is 26.2 Å². The van der Waals surface area contributed by atoms with Crippen LogP contribution in [-0.4, -0.2) is 23.7 Å². The summed E-state index contributed by atoms with van der Waals surface area (Å²) < 4.78 is 99.0. The molecule has 0 aliphatic carbocycles. The van der Waals surface area contributed by atoms with Crippen molar-refractivity contribution in [1.29, 1.82) is 0 Å². The quantitative estimate of drug-likeness (QED) is 0.599. The highest BCUT2D eigenvalue weighted by molar-refractivity contribution is 7.92. The van der Waals surface area contributed by atoms with Gasteiger partial charge in [0.2, 0.25) is 0 Å². The molecule has 1 aromatic heterocycles. The first-order chi connectivity index (χ1) is 11.2. The molecule has 0 saturated heterocycles. The van der Waals surface area contributed by atoms with E-state index in [4.69, 9.17) is 34.8 Å². The van der Waals surface area contributed by atoms with Gasteiger partial charge in [-0.15, -0.1) is 0 Å². The molecule has 138 valence electrons. The van der Waals surface area contributed by atoms with Crippen LogP contribution < -0.4 is 0 Å². The molecule has 0 saturated carbocycles. The molecule has 0 aliphatic rings. The van der Waals surface area contributed by atoms with Gasteiger partial charge in [-0.3, -0.25) is 0 Å². The minimum atomic E-state index is -5.75. The first-order valence-corrected chi connectivity index (χ1v) is 8.41. The average Bonchev–Trinajstić information content (AvgIpc) is 2.78. The third-order valence-corrected chi connectivity index (χ3v) is 5.09. The Balaban J connectivity index is 2.64. The van der Waals surface area contributed by atoms with Crippen LogP contribution in [0.4, 0.5) is 26.3 Å². The second-order valence-corrected chi connectivity index (χ2v) is 7.62. The number of hydrogen-bond donors (Lipinski definition) is 0. The van der Waals surface area contributed by atoms with Crippen LogP contribution in [0.1, 0.15) is 5.69 Å². The van der Waals surface area contributed by atoms with E-state index in [0.29, 0.717) is 23.0 Å². The van der Waals surface area contributed by atoms with Crippen molar-refractivity contribution in [3.05, 3.63) is 39.1 Å². The Labute approximate surface area is 150 Å². The number of benzene rings is 1. The zero-order valence-electron chi connectivity index (χ0n) is 11.3. The number of hydrogen-bond acceptors (Lipinski definition) is 3. The van der Waals surface area contributed by atoms with Gasteiger partial charge in [-0.25, -0.2) is 13.1 Å². The van der Waals surface area contributed by atoms with Crippen molar-refractivity contribution < 1.29 is 34.8 Å². The molecule has 4 nitrogen and oxygen atoms in total. The van der Waals surface area contributed by atoms with E-state index in [1.807, 2.05) is 0 Å². The lowest BCUT2D eigenvalue weighted by atomic mass is 10.3. The molecule has 14 heteroatoms. The first-order valence-electron chi connectivity index (χ1n) is 5.79. The minimum absolute atomic E-state index is 0.397. The lowest BCUT2D eigenvalue weighted by Crippen LogP contribution is -2.23. The Bertz CT molecular complexity index is 913. The molecule has 0 unspecified atom stereocenters. The van der Waals surface area contributed by atoms with Crippen LogP contribution in [-0.2, 0) is 16.0 Å². The van der Waals surface area contributed by atoms with Crippen LogP contribution in [0.2, 0.25) is 15.1 Å². The topological polar surface area (TPSA) is 52.0 Å². The second-order valence-electron chi connectivity index (χ2n) is 4.45. The third-order valence-electron chi connectivity index (χ3n) is 2.77. The maximum Gasteiger partial charge on any atom is 0.501 e. The van der Waals surface area contributed by atoms with Crippen LogP contribution in [0.25, 0.3) is 5.69 Å². The molecular weight excluding hydrogens is 445 g/mol. The van der Waals surface area contributed by atoms with Crippen molar-refractivity contribution in [3.8, 4) is 5.69 Å². The third kappa shape index (κ3) is 3.69. The van der Waals surface area contributed by atoms with Gasteiger partial charge < -0.3 is 0 Å². The average molecular weight is 448 g/mol. The molecule has 25 heavy (non-hydrogen) atoms. The number of sulfone groups is 1. The maximum absolute atomic E-state index is 12.7. The maximum atomic E-state index is 12.7. The Morgan fingerprint density at radius 1 is 0.920 bits per heavy atom. The van der Waals surface area contributed by atoms with Gasteiger partial charge in [0, 0.05) is 0 Å². The first kappa shape index (κ1) is 20.1. The molecule has 0 atom stereocenters. The van der Waals surface area contributed by atoms with Gasteiger partial charge in [-0.05, 0) is 12.1 Å². The van der Waals surface area contributed by atoms with Gasteiger partial charge in [0.25, 0.3) is 9.84 Å². The van der Waals surface area contributed by atoms with Crippen molar-refractivity contribution in [2.75, 3.05) is 0 Å². The second kappa shape index (κ2) is 6.22. The standard InChI is InChI=1S/C11H3Cl3F6N2O2S/c12-5-1-4(25(23,24)11(18,19)20)2-6(13)8(5)22-3-7(14)9(21-22)10(15,16)17/h1-3H. The molecule has 2 rings (SSSR count). The molecule has 1 heterocycles. The van der Waals surface area contributed by atoms with E-state index in [1.54, 1.807) is 0 Å².